The van der Waals surface area contributed by atoms with Gasteiger partial charge in [-0.1, -0.05) is 48.0 Å². The van der Waals surface area contributed by atoms with Crippen LogP contribution >= 0.6 is 0 Å². The Balaban J connectivity index is 4.86. The molecule has 0 fully saturated rings. The SMILES string of the molecule is CCCCC(=C=CC(C)(C)C)[C@@H](O)C(C)C. The molecule has 1 N–H and O–H groups in total. The molecule has 0 aromatic carbocycles. The monoisotopic (exact) mass is 224 g/mol. The molecular weight excluding hydrogens is 196 g/mol. The minimum Gasteiger partial charge on any atom is -0.388 e. The molecule has 0 saturated heterocycles. The van der Waals surface area contributed by atoms with Crippen molar-refractivity contribution in [3.63, 3.8) is 0 Å². The molecular formula is C15H28O. The third-order valence-electron chi connectivity index (χ3n) is 2.48. The van der Waals surface area contributed by atoms with Crippen molar-refractivity contribution < 1.29 is 5.11 Å². The van der Waals surface area contributed by atoms with Gasteiger partial charge in [-0.15, -0.1) is 5.73 Å². The van der Waals surface area contributed by atoms with E-state index in [2.05, 4.69) is 53.3 Å². The van der Waals surface area contributed by atoms with Crippen LogP contribution in [0.25, 0.3) is 0 Å². The average molecular weight is 224 g/mol. The maximum absolute atomic E-state index is 10.1. The second-order valence-corrected chi connectivity index (χ2v) is 5.97. The molecule has 0 rings (SSSR count). The number of aliphatic hydroxyl groups is 1. The van der Waals surface area contributed by atoms with Gasteiger partial charge in [0.1, 0.15) is 0 Å². The Morgan fingerprint density at radius 1 is 1.31 bits per heavy atom. The standard InChI is InChI=1S/C15H28O/c1-7-8-9-13(14(16)12(2)3)10-11-15(4,5)6/h11-12,14,16H,7-9H2,1-6H3/t10?,14-/m0/s1. The van der Waals surface area contributed by atoms with Gasteiger partial charge < -0.3 is 5.11 Å². The molecule has 0 spiro atoms. The summed E-state index contributed by atoms with van der Waals surface area (Å²) in [5.41, 5.74) is 4.51. The molecule has 0 amide bonds. The van der Waals surface area contributed by atoms with Gasteiger partial charge in [0, 0.05) is 5.57 Å². The predicted molar refractivity (Wildman–Crippen MR) is 71.4 cm³/mol. The lowest BCUT2D eigenvalue weighted by molar-refractivity contribution is 0.156. The van der Waals surface area contributed by atoms with E-state index in [1.807, 2.05) is 0 Å². The molecule has 0 aromatic rings. The second-order valence-electron chi connectivity index (χ2n) is 5.97. The normalized spacial score (nSPS) is 13.5. The molecule has 94 valence electrons. The van der Waals surface area contributed by atoms with Crippen LogP contribution in [-0.4, -0.2) is 11.2 Å². The lowest BCUT2D eigenvalue weighted by Crippen LogP contribution is -2.17. The Bertz CT molecular complexity index is 249. The van der Waals surface area contributed by atoms with Crippen LogP contribution in [0.2, 0.25) is 0 Å². The second kappa shape index (κ2) is 6.93. The third kappa shape index (κ3) is 6.87. The lowest BCUT2D eigenvalue weighted by Gasteiger charge is -2.17. The topological polar surface area (TPSA) is 20.2 Å². The highest BCUT2D eigenvalue weighted by molar-refractivity contribution is 5.10. The van der Waals surface area contributed by atoms with E-state index in [1.54, 1.807) is 0 Å². The van der Waals surface area contributed by atoms with E-state index in [0.29, 0.717) is 0 Å². The van der Waals surface area contributed by atoms with Crippen LogP contribution in [0, 0.1) is 11.3 Å². The number of rotatable bonds is 5. The third-order valence-corrected chi connectivity index (χ3v) is 2.48. The number of aliphatic hydroxyl groups excluding tert-OH is 1. The highest BCUT2D eigenvalue weighted by Gasteiger charge is 2.14. The molecule has 1 nitrogen and oxygen atoms in total. The van der Waals surface area contributed by atoms with E-state index in [4.69, 9.17) is 0 Å². The first-order valence-corrected chi connectivity index (χ1v) is 6.42. The fourth-order valence-electron chi connectivity index (χ4n) is 1.38. The van der Waals surface area contributed by atoms with E-state index in [-0.39, 0.29) is 17.4 Å². The molecule has 16 heavy (non-hydrogen) atoms. The van der Waals surface area contributed by atoms with Gasteiger partial charge in [-0.2, -0.15) is 0 Å². The molecule has 1 heteroatoms. The van der Waals surface area contributed by atoms with E-state index in [1.165, 1.54) is 0 Å². The van der Waals surface area contributed by atoms with E-state index < -0.39 is 0 Å². The highest BCUT2D eigenvalue weighted by atomic mass is 16.3. The van der Waals surface area contributed by atoms with E-state index in [0.717, 1.165) is 24.8 Å². The van der Waals surface area contributed by atoms with Crippen LogP contribution in [0.1, 0.15) is 60.8 Å². The number of unbranched alkanes of at least 4 members (excludes halogenated alkanes) is 1. The fraction of sp³-hybridized carbons (Fsp3) is 0.800. The molecule has 0 aliphatic carbocycles. The summed E-state index contributed by atoms with van der Waals surface area (Å²) in [6.07, 6.45) is 4.98. The molecule has 0 aliphatic heterocycles. The maximum atomic E-state index is 10.1. The Kier molecular flexibility index (Phi) is 6.71. The Morgan fingerprint density at radius 3 is 2.25 bits per heavy atom. The summed E-state index contributed by atoms with van der Waals surface area (Å²) < 4.78 is 0. The van der Waals surface area contributed by atoms with Gasteiger partial charge in [0.05, 0.1) is 6.10 Å². The zero-order valence-electron chi connectivity index (χ0n) is 11.8. The first-order valence-electron chi connectivity index (χ1n) is 6.42. The Hall–Kier alpha value is -0.520. The van der Waals surface area contributed by atoms with Crippen molar-refractivity contribution >= 4 is 0 Å². The fourth-order valence-corrected chi connectivity index (χ4v) is 1.38. The highest BCUT2D eigenvalue weighted by Crippen LogP contribution is 2.19. The van der Waals surface area contributed by atoms with Gasteiger partial charge in [-0.3, -0.25) is 0 Å². The molecule has 0 unspecified atom stereocenters. The van der Waals surface area contributed by atoms with Gasteiger partial charge in [-0.05, 0) is 30.3 Å². The largest absolute Gasteiger partial charge is 0.388 e. The summed E-state index contributed by atoms with van der Waals surface area (Å²) >= 11 is 0. The first kappa shape index (κ1) is 15.5. The summed E-state index contributed by atoms with van der Waals surface area (Å²) in [5.74, 6) is 0.271. The molecule has 1 atom stereocenters. The Labute approximate surface area is 101 Å². The van der Waals surface area contributed by atoms with Crippen LogP contribution in [0.5, 0.6) is 0 Å². The first-order chi connectivity index (χ1) is 7.28. The van der Waals surface area contributed by atoms with E-state index in [9.17, 15) is 5.11 Å². The van der Waals surface area contributed by atoms with Gasteiger partial charge >= 0.3 is 0 Å². The predicted octanol–water partition coefficient (Wildman–Crippen LogP) is 4.32. The minimum absolute atomic E-state index is 0.133. The molecule has 0 aliphatic rings. The number of hydrogen-bond donors (Lipinski definition) is 1. The van der Waals surface area contributed by atoms with Gasteiger partial charge in [0.2, 0.25) is 0 Å². The molecule has 0 saturated carbocycles. The van der Waals surface area contributed by atoms with Gasteiger partial charge in [0.25, 0.3) is 0 Å². The smallest absolute Gasteiger partial charge is 0.0846 e. The average Bonchev–Trinajstić information content (AvgIpc) is 2.15. The van der Waals surface area contributed by atoms with Crippen molar-refractivity contribution in [3.8, 4) is 0 Å². The van der Waals surface area contributed by atoms with E-state index >= 15 is 0 Å². The zero-order chi connectivity index (χ0) is 12.8. The zero-order valence-corrected chi connectivity index (χ0v) is 11.8. The molecule has 0 aromatic heterocycles. The van der Waals surface area contributed by atoms with Crippen molar-refractivity contribution in [3.05, 3.63) is 17.4 Å². The van der Waals surface area contributed by atoms with Crippen molar-refractivity contribution in [2.24, 2.45) is 11.3 Å². The summed E-state index contributed by atoms with van der Waals surface area (Å²) in [5, 5.41) is 10.1. The van der Waals surface area contributed by atoms with Crippen LogP contribution < -0.4 is 0 Å². The Morgan fingerprint density at radius 2 is 1.88 bits per heavy atom. The van der Waals surface area contributed by atoms with Crippen molar-refractivity contribution in [1.29, 1.82) is 0 Å². The van der Waals surface area contributed by atoms with Crippen molar-refractivity contribution in [2.75, 3.05) is 0 Å². The summed E-state index contributed by atoms with van der Waals surface area (Å²) in [6, 6.07) is 0. The summed E-state index contributed by atoms with van der Waals surface area (Å²) in [7, 11) is 0. The summed E-state index contributed by atoms with van der Waals surface area (Å²) in [6.45, 7) is 12.7. The lowest BCUT2D eigenvalue weighted by atomic mass is 9.92. The van der Waals surface area contributed by atoms with Crippen LogP contribution in [-0.2, 0) is 0 Å². The number of hydrogen-bond acceptors (Lipinski definition) is 1. The van der Waals surface area contributed by atoms with Gasteiger partial charge in [0.15, 0.2) is 0 Å². The van der Waals surface area contributed by atoms with Crippen LogP contribution in [0.4, 0.5) is 0 Å². The summed E-state index contributed by atoms with van der Waals surface area (Å²) in [4.78, 5) is 0. The van der Waals surface area contributed by atoms with Gasteiger partial charge in [-0.25, -0.2) is 0 Å². The van der Waals surface area contributed by atoms with Crippen LogP contribution in [0.3, 0.4) is 0 Å². The molecule has 0 bridgehead atoms. The quantitative estimate of drug-likeness (QED) is 0.689. The molecule has 0 heterocycles. The van der Waals surface area contributed by atoms with Crippen molar-refractivity contribution in [1.82, 2.24) is 0 Å². The molecule has 0 radical (unpaired) electrons. The van der Waals surface area contributed by atoms with Crippen LogP contribution in [0.15, 0.2) is 17.4 Å². The van der Waals surface area contributed by atoms with Crippen molar-refractivity contribution in [2.45, 2.75) is 66.9 Å². The minimum atomic E-state index is -0.342. The maximum Gasteiger partial charge on any atom is 0.0846 e.